The van der Waals surface area contributed by atoms with Crippen LogP contribution >= 0.6 is 22.7 Å². The van der Waals surface area contributed by atoms with E-state index in [4.69, 9.17) is 0 Å². The topological polar surface area (TPSA) is 73.5 Å². The highest BCUT2D eigenvalue weighted by molar-refractivity contribution is 7.09. The van der Waals surface area contributed by atoms with Crippen molar-refractivity contribution in [1.29, 1.82) is 0 Å². The van der Waals surface area contributed by atoms with Crippen LogP contribution in [0.2, 0.25) is 0 Å². The first-order valence-electron chi connectivity index (χ1n) is 10.4. The van der Waals surface area contributed by atoms with E-state index in [0.29, 0.717) is 24.3 Å². The van der Waals surface area contributed by atoms with Gasteiger partial charge >= 0.3 is 6.03 Å². The summed E-state index contributed by atoms with van der Waals surface area (Å²) in [5.74, 6) is -0.163. The van der Waals surface area contributed by atoms with Crippen LogP contribution in [0, 0.1) is 0 Å². The summed E-state index contributed by atoms with van der Waals surface area (Å²) in [4.78, 5) is 28.5. The van der Waals surface area contributed by atoms with Gasteiger partial charge in [-0.2, -0.15) is 11.3 Å². The Balaban J connectivity index is 1.31. The lowest BCUT2D eigenvalue weighted by molar-refractivity contribution is 0.0951. The van der Waals surface area contributed by atoms with Crippen molar-refractivity contribution in [3.05, 3.63) is 74.6 Å². The predicted molar refractivity (Wildman–Crippen MR) is 127 cm³/mol. The highest BCUT2D eigenvalue weighted by atomic mass is 32.1. The van der Waals surface area contributed by atoms with Crippen molar-refractivity contribution >= 4 is 40.3 Å². The van der Waals surface area contributed by atoms with E-state index < -0.39 is 0 Å². The summed E-state index contributed by atoms with van der Waals surface area (Å²) in [5, 5.41) is 15.0. The van der Waals surface area contributed by atoms with Gasteiger partial charge in [-0.05, 0) is 78.0 Å². The number of urea groups is 1. The minimum absolute atomic E-state index is 0.163. The molecular formula is C23H26N4O2S2. The zero-order chi connectivity index (χ0) is 21.5. The van der Waals surface area contributed by atoms with Crippen LogP contribution in [-0.2, 0) is 6.54 Å². The van der Waals surface area contributed by atoms with E-state index in [1.807, 2.05) is 17.5 Å². The average molecular weight is 455 g/mol. The van der Waals surface area contributed by atoms with Crippen LogP contribution in [0.4, 0.5) is 10.5 Å². The Morgan fingerprint density at radius 2 is 1.90 bits per heavy atom. The van der Waals surface area contributed by atoms with Gasteiger partial charge in [0.2, 0.25) is 0 Å². The Hall–Kier alpha value is -2.68. The van der Waals surface area contributed by atoms with Crippen LogP contribution in [0.15, 0.2) is 58.6 Å². The van der Waals surface area contributed by atoms with Gasteiger partial charge in [0.15, 0.2) is 0 Å². The number of likely N-dealkylation sites (tertiary alicyclic amines) is 1. The molecule has 31 heavy (non-hydrogen) atoms. The number of thiophene rings is 2. The maximum absolute atomic E-state index is 12.5. The largest absolute Gasteiger partial charge is 0.347 e. The van der Waals surface area contributed by atoms with Gasteiger partial charge < -0.3 is 16.0 Å². The van der Waals surface area contributed by atoms with Gasteiger partial charge in [0.25, 0.3) is 5.91 Å². The standard InChI is InChI=1S/C23H26N4O2S2/c28-22(24-14-20-7-4-11-31-20)17-5-3-6-19(13-17)26-23(29)25-15-21(18-8-12-30-16-18)27-9-1-2-10-27/h3-8,11-13,16,21H,1-2,9-10,14-15H2,(H,24,28)(H2,25,26,29). The number of hydrogen-bond donors (Lipinski definition) is 3. The number of nitrogens with zero attached hydrogens (tertiary/aromatic N) is 1. The second-order valence-electron chi connectivity index (χ2n) is 7.49. The van der Waals surface area contributed by atoms with Crippen LogP contribution in [0.25, 0.3) is 0 Å². The van der Waals surface area contributed by atoms with Crippen molar-refractivity contribution in [2.75, 3.05) is 25.0 Å². The molecule has 3 amide bonds. The van der Waals surface area contributed by atoms with Crippen LogP contribution in [-0.4, -0.2) is 36.5 Å². The molecule has 1 aliphatic rings. The molecule has 8 heteroatoms. The normalized spacial score (nSPS) is 14.8. The molecule has 162 valence electrons. The first-order valence-corrected chi connectivity index (χ1v) is 12.2. The molecule has 1 atom stereocenters. The van der Waals surface area contributed by atoms with Gasteiger partial charge in [-0.15, -0.1) is 11.3 Å². The molecule has 6 nitrogen and oxygen atoms in total. The molecular weight excluding hydrogens is 428 g/mol. The molecule has 1 fully saturated rings. The molecule has 1 saturated heterocycles. The van der Waals surface area contributed by atoms with Crippen molar-refractivity contribution in [3.8, 4) is 0 Å². The molecule has 3 heterocycles. The van der Waals surface area contributed by atoms with Gasteiger partial charge in [0.1, 0.15) is 0 Å². The highest BCUT2D eigenvalue weighted by Gasteiger charge is 2.24. The molecule has 4 rings (SSSR count). The third-order valence-electron chi connectivity index (χ3n) is 5.35. The van der Waals surface area contributed by atoms with Crippen molar-refractivity contribution in [2.24, 2.45) is 0 Å². The molecule has 0 bridgehead atoms. The zero-order valence-corrected chi connectivity index (χ0v) is 18.8. The molecule has 2 aromatic heterocycles. The van der Waals surface area contributed by atoms with E-state index in [9.17, 15) is 9.59 Å². The molecule has 1 unspecified atom stereocenters. The molecule has 1 aromatic carbocycles. The minimum atomic E-state index is -0.268. The summed E-state index contributed by atoms with van der Waals surface area (Å²) in [7, 11) is 0. The number of hydrogen-bond acceptors (Lipinski definition) is 5. The Morgan fingerprint density at radius 1 is 1.03 bits per heavy atom. The number of carbonyl (C=O) groups excluding carboxylic acids is 2. The van der Waals surface area contributed by atoms with E-state index in [1.54, 1.807) is 46.9 Å². The van der Waals surface area contributed by atoms with E-state index in [-0.39, 0.29) is 18.0 Å². The molecule has 0 radical (unpaired) electrons. The number of anilines is 1. The number of amides is 3. The predicted octanol–water partition coefficient (Wildman–Crippen LogP) is 4.70. The van der Waals surface area contributed by atoms with Gasteiger partial charge in [0.05, 0.1) is 12.6 Å². The SMILES string of the molecule is O=C(NCC(c1ccsc1)N1CCCC1)Nc1cccc(C(=O)NCc2cccs2)c1. The lowest BCUT2D eigenvalue weighted by Gasteiger charge is -2.27. The average Bonchev–Trinajstić information content (AvgIpc) is 3.56. The summed E-state index contributed by atoms with van der Waals surface area (Å²) in [6.07, 6.45) is 2.41. The Kier molecular flexibility index (Phi) is 7.35. The lowest BCUT2D eigenvalue weighted by Crippen LogP contribution is -2.38. The second kappa shape index (κ2) is 10.6. The second-order valence-corrected chi connectivity index (χ2v) is 9.31. The van der Waals surface area contributed by atoms with Gasteiger partial charge in [-0.3, -0.25) is 9.69 Å². The summed E-state index contributed by atoms with van der Waals surface area (Å²) in [5.41, 5.74) is 2.36. The maximum atomic E-state index is 12.5. The van der Waals surface area contributed by atoms with Crippen molar-refractivity contribution in [3.63, 3.8) is 0 Å². The first kappa shape index (κ1) is 21.5. The molecule has 3 N–H and O–H groups in total. The quantitative estimate of drug-likeness (QED) is 0.462. The number of benzene rings is 1. The summed E-state index contributed by atoms with van der Waals surface area (Å²) in [6, 6.07) is 13.0. The first-order chi connectivity index (χ1) is 15.2. The van der Waals surface area contributed by atoms with Crippen LogP contribution in [0.5, 0.6) is 0 Å². The molecule has 0 aliphatic carbocycles. The molecule has 3 aromatic rings. The summed E-state index contributed by atoms with van der Waals surface area (Å²) < 4.78 is 0. The Morgan fingerprint density at radius 3 is 2.65 bits per heavy atom. The van der Waals surface area contributed by atoms with Crippen LogP contribution < -0.4 is 16.0 Å². The molecule has 1 aliphatic heterocycles. The van der Waals surface area contributed by atoms with E-state index >= 15 is 0 Å². The minimum Gasteiger partial charge on any atom is -0.347 e. The van der Waals surface area contributed by atoms with Gasteiger partial charge in [-0.25, -0.2) is 4.79 Å². The van der Waals surface area contributed by atoms with Gasteiger partial charge in [-0.1, -0.05) is 12.1 Å². The van der Waals surface area contributed by atoms with Crippen LogP contribution in [0.3, 0.4) is 0 Å². The summed E-state index contributed by atoms with van der Waals surface area (Å²) >= 11 is 3.28. The number of rotatable bonds is 8. The monoisotopic (exact) mass is 454 g/mol. The number of nitrogens with one attached hydrogen (secondary N) is 3. The smallest absolute Gasteiger partial charge is 0.319 e. The Labute approximate surface area is 190 Å². The lowest BCUT2D eigenvalue weighted by atomic mass is 10.1. The molecule has 0 saturated carbocycles. The fourth-order valence-electron chi connectivity index (χ4n) is 3.76. The summed E-state index contributed by atoms with van der Waals surface area (Å²) in [6.45, 7) is 3.16. The fourth-order valence-corrected chi connectivity index (χ4v) is 5.11. The van der Waals surface area contributed by atoms with Crippen molar-refractivity contribution < 1.29 is 9.59 Å². The van der Waals surface area contributed by atoms with E-state index in [2.05, 4.69) is 37.7 Å². The Bertz CT molecular complexity index is 983. The van der Waals surface area contributed by atoms with E-state index in [1.165, 1.54) is 18.4 Å². The fraction of sp³-hybridized carbons (Fsp3) is 0.304. The van der Waals surface area contributed by atoms with Crippen molar-refractivity contribution in [2.45, 2.75) is 25.4 Å². The molecule has 0 spiro atoms. The van der Waals surface area contributed by atoms with Crippen molar-refractivity contribution in [1.82, 2.24) is 15.5 Å². The van der Waals surface area contributed by atoms with E-state index in [0.717, 1.165) is 18.0 Å². The third-order valence-corrected chi connectivity index (χ3v) is 6.93. The van der Waals surface area contributed by atoms with Gasteiger partial charge in [0, 0.05) is 22.7 Å². The third kappa shape index (κ3) is 5.94. The van der Waals surface area contributed by atoms with Crippen LogP contribution in [0.1, 0.15) is 39.7 Å². The zero-order valence-electron chi connectivity index (χ0n) is 17.2. The highest BCUT2D eigenvalue weighted by Crippen LogP contribution is 2.26. The maximum Gasteiger partial charge on any atom is 0.319 e. The number of carbonyl (C=O) groups is 2.